The Kier molecular flexibility index (Phi) is 5.93. The predicted molar refractivity (Wildman–Crippen MR) is 101 cm³/mol. The standard InChI is InChI=1S/C20H28N4O2/c1-4-22(5-2)12-16-13-23(15-18-10-11-21-24(18)14-16)20(25)17-6-8-19(26-3)9-7-17/h6-11,16H,4-5,12-15H2,1-3H3/t16-/m0/s1. The van der Waals surface area contributed by atoms with Gasteiger partial charge in [-0.1, -0.05) is 13.8 Å². The van der Waals surface area contributed by atoms with E-state index in [9.17, 15) is 4.79 Å². The Labute approximate surface area is 155 Å². The summed E-state index contributed by atoms with van der Waals surface area (Å²) in [6, 6.07) is 9.35. The van der Waals surface area contributed by atoms with E-state index >= 15 is 0 Å². The largest absolute Gasteiger partial charge is 0.497 e. The number of benzene rings is 1. The lowest BCUT2D eigenvalue weighted by molar-refractivity contribution is 0.0706. The molecule has 0 N–H and O–H groups in total. The van der Waals surface area contributed by atoms with Gasteiger partial charge in [0.2, 0.25) is 0 Å². The predicted octanol–water partition coefficient (Wildman–Crippen LogP) is 2.51. The number of methoxy groups -OCH3 is 1. The highest BCUT2D eigenvalue weighted by Gasteiger charge is 2.27. The van der Waals surface area contributed by atoms with Gasteiger partial charge in [0.1, 0.15) is 5.75 Å². The third-order valence-corrected chi connectivity index (χ3v) is 5.10. The molecule has 0 saturated heterocycles. The number of nitrogens with zero attached hydrogens (tertiary/aromatic N) is 4. The number of hydrogen-bond donors (Lipinski definition) is 0. The zero-order chi connectivity index (χ0) is 18.5. The van der Waals surface area contributed by atoms with Gasteiger partial charge in [-0.25, -0.2) is 0 Å². The van der Waals surface area contributed by atoms with Crippen LogP contribution in [0.3, 0.4) is 0 Å². The SMILES string of the molecule is CCN(CC)C[C@H]1CN(C(=O)c2ccc(OC)cc2)Cc2ccnn2C1. The quantitative estimate of drug-likeness (QED) is 0.798. The normalized spacial score (nSPS) is 17.1. The summed E-state index contributed by atoms with van der Waals surface area (Å²) in [5, 5.41) is 4.46. The van der Waals surface area contributed by atoms with Crippen LogP contribution in [0.5, 0.6) is 5.75 Å². The summed E-state index contributed by atoms with van der Waals surface area (Å²) in [4.78, 5) is 17.5. The summed E-state index contributed by atoms with van der Waals surface area (Å²) in [7, 11) is 1.63. The number of amides is 1. The summed E-state index contributed by atoms with van der Waals surface area (Å²) < 4.78 is 7.25. The lowest BCUT2D eigenvalue weighted by atomic mass is 10.1. The minimum Gasteiger partial charge on any atom is -0.497 e. The van der Waals surface area contributed by atoms with Gasteiger partial charge in [0.15, 0.2) is 0 Å². The molecule has 1 aromatic heterocycles. The second-order valence-corrected chi connectivity index (χ2v) is 6.77. The molecule has 0 saturated carbocycles. The Hall–Kier alpha value is -2.34. The van der Waals surface area contributed by atoms with Gasteiger partial charge < -0.3 is 14.5 Å². The Balaban J connectivity index is 1.81. The monoisotopic (exact) mass is 356 g/mol. The zero-order valence-corrected chi connectivity index (χ0v) is 15.9. The van der Waals surface area contributed by atoms with E-state index in [2.05, 4.69) is 28.5 Å². The van der Waals surface area contributed by atoms with Crippen molar-refractivity contribution >= 4 is 5.91 Å². The Morgan fingerprint density at radius 2 is 1.92 bits per heavy atom. The Bertz CT molecular complexity index is 722. The van der Waals surface area contributed by atoms with E-state index in [4.69, 9.17) is 4.74 Å². The van der Waals surface area contributed by atoms with Gasteiger partial charge in [-0.05, 0) is 43.4 Å². The van der Waals surface area contributed by atoms with Gasteiger partial charge in [-0.3, -0.25) is 9.48 Å². The van der Waals surface area contributed by atoms with Crippen molar-refractivity contribution in [1.29, 1.82) is 0 Å². The highest BCUT2D eigenvalue weighted by Crippen LogP contribution is 2.20. The lowest BCUT2D eigenvalue weighted by Crippen LogP contribution is -2.39. The fourth-order valence-corrected chi connectivity index (χ4v) is 3.57. The minimum atomic E-state index is 0.0619. The molecule has 0 bridgehead atoms. The van der Waals surface area contributed by atoms with E-state index < -0.39 is 0 Å². The zero-order valence-electron chi connectivity index (χ0n) is 15.9. The summed E-state index contributed by atoms with van der Waals surface area (Å²) in [6.07, 6.45) is 1.82. The molecule has 2 aromatic rings. The highest BCUT2D eigenvalue weighted by atomic mass is 16.5. The van der Waals surface area contributed by atoms with Gasteiger partial charge in [0, 0.05) is 37.3 Å². The van der Waals surface area contributed by atoms with Crippen LogP contribution in [0, 0.1) is 5.92 Å². The smallest absolute Gasteiger partial charge is 0.254 e. The highest BCUT2D eigenvalue weighted by molar-refractivity contribution is 5.94. The molecule has 1 atom stereocenters. The third-order valence-electron chi connectivity index (χ3n) is 5.10. The number of rotatable bonds is 6. The molecule has 26 heavy (non-hydrogen) atoms. The minimum absolute atomic E-state index is 0.0619. The average Bonchev–Trinajstić information content (AvgIpc) is 3.03. The Morgan fingerprint density at radius 1 is 1.19 bits per heavy atom. The second-order valence-electron chi connectivity index (χ2n) is 6.77. The molecular weight excluding hydrogens is 328 g/mol. The maximum absolute atomic E-state index is 13.1. The fraction of sp³-hybridized carbons (Fsp3) is 0.500. The molecule has 0 unspecified atom stereocenters. The number of carbonyl (C=O) groups excluding carboxylic acids is 1. The van der Waals surface area contributed by atoms with Gasteiger partial charge >= 0.3 is 0 Å². The van der Waals surface area contributed by atoms with Crippen molar-refractivity contribution in [2.24, 2.45) is 5.92 Å². The second kappa shape index (κ2) is 8.36. The molecule has 140 valence electrons. The van der Waals surface area contributed by atoms with Gasteiger partial charge in [0.25, 0.3) is 5.91 Å². The molecular formula is C20H28N4O2. The molecule has 0 spiro atoms. The first kappa shape index (κ1) is 18.5. The van der Waals surface area contributed by atoms with Crippen LogP contribution in [-0.2, 0) is 13.1 Å². The molecule has 1 aliphatic rings. The number of aromatic nitrogens is 2. The number of fused-ring (bicyclic) bond motifs is 1. The summed E-state index contributed by atoms with van der Waals surface area (Å²) in [5.41, 5.74) is 1.79. The third kappa shape index (κ3) is 4.07. The molecule has 3 rings (SSSR count). The van der Waals surface area contributed by atoms with Crippen LogP contribution >= 0.6 is 0 Å². The molecule has 0 radical (unpaired) electrons. The van der Waals surface area contributed by atoms with E-state index in [-0.39, 0.29) is 5.91 Å². The molecule has 6 heteroatoms. The number of carbonyl (C=O) groups is 1. The van der Waals surface area contributed by atoms with E-state index in [1.807, 2.05) is 41.4 Å². The van der Waals surface area contributed by atoms with Crippen molar-refractivity contribution < 1.29 is 9.53 Å². The summed E-state index contributed by atoms with van der Waals surface area (Å²) in [6.45, 7) is 9.56. The van der Waals surface area contributed by atoms with E-state index in [1.165, 1.54) is 0 Å². The fourth-order valence-electron chi connectivity index (χ4n) is 3.57. The van der Waals surface area contributed by atoms with Crippen molar-refractivity contribution in [3.05, 3.63) is 47.8 Å². The first-order chi connectivity index (χ1) is 12.6. The van der Waals surface area contributed by atoms with E-state index in [0.717, 1.165) is 44.2 Å². The average molecular weight is 356 g/mol. The van der Waals surface area contributed by atoms with Gasteiger partial charge in [-0.15, -0.1) is 0 Å². The number of ether oxygens (including phenoxy) is 1. The molecule has 2 heterocycles. The molecule has 1 aromatic carbocycles. The summed E-state index contributed by atoms with van der Waals surface area (Å²) in [5.74, 6) is 1.18. The molecule has 1 aliphatic heterocycles. The first-order valence-corrected chi connectivity index (χ1v) is 9.31. The molecule has 6 nitrogen and oxygen atoms in total. The topological polar surface area (TPSA) is 50.6 Å². The van der Waals surface area contributed by atoms with Crippen LogP contribution in [0.2, 0.25) is 0 Å². The van der Waals surface area contributed by atoms with Crippen molar-refractivity contribution in [3.8, 4) is 5.75 Å². The van der Waals surface area contributed by atoms with Crippen LogP contribution in [0.25, 0.3) is 0 Å². The van der Waals surface area contributed by atoms with E-state index in [0.29, 0.717) is 18.0 Å². The van der Waals surface area contributed by atoms with Crippen molar-refractivity contribution in [2.75, 3.05) is 33.3 Å². The lowest BCUT2D eigenvalue weighted by Gasteiger charge is -2.28. The molecule has 0 aliphatic carbocycles. The van der Waals surface area contributed by atoms with E-state index in [1.54, 1.807) is 7.11 Å². The van der Waals surface area contributed by atoms with Crippen LogP contribution < -0.4 is 4.74 Å². The van der Waals surface area contributed by atoms with Crippen molar-refractivity contribution in [1.82, 2.24) is 19.6 Å². The first-order valence-electron chi connectivity index (χ1n) is 9.31. The number of hydrogen-bond acceptors (Lipinski definition) is 4. The maximum atomic E-state index is 13.1. The van der Waals surface area contributed by atoms with Crippen LogP contribution in [0.15, 0.2) is 36.5 Å². The van der Waals surface area contributed by atoms with Crippen LogP contribution in [-0.4, -0.2) is 58.8 Å². The maximum Gasteiger partial charge on any atom is 0.254 e. The molecule has 0 fully saturated rings. The van der Waals surface area contributed by atoms with Crippen LogP contribution in [0.1, 0.15) is 29.9 Å². The van der Waals surface area contributed by atoms with Crippen molar-refractivity contribution in [2.45, 2.75) is 26.9 Å². The molecule has 1 amide bonds. The van der Waals surface area contributed by atoms with Gasteiger partial charge in [0.05, 0.1) is 19.3 Å². The van der Waals surface area contributed by atoms with Crippen LogP contribution in [0.4, 0.5) is 0 Å². The summed E-state index contributed by atoms with van der Waals surface area (Å²) >= 11 is 0. The van der Waals surface area contributed by atoms with Crippen molar-refractivity contribution in [3.63, 3.8) is 0 Å². The Morgan fingerprint density at radius 3 is 2.58 bits per heavy atom. The van der Waals surface area contributed by atoms with Gasteiger partial charge in [-0.2, -0.15) is 5.10 Å².